The van der Waals surface area contributed by atoms with Gasteiger partial charge >= 0.3 is 0 Å². The van der Waals surface area contributed by atoms with Crippen molar-refractivity contribution >= 4 is 0 Å². The van der Waals surface area contributed by atoms with Gasteiger partial charge in [0.15, 0.2) is 11.5 Å². The lowest BCUT2D eigenvalue weighted by Gasteiger charge is -2.08. The maximum Gasteiger partial charge on any atom is 0.161 e. The Morgan fingerprint density at radius 3 is 2.47 bits per heavy atom. The van der Waals surface area contributed by atoms with Gasteiger partial charge in [-0.05, 0) is 24.3 Å². The average molecular weight is 228 g/mol. The van der Waals surface area contributed by atoms with Crippen LogP contribution in [0.1, 0.15) is 5.56 Å². The minimum atomic E-state index is 0.606. The summed E-state index contributed by atoms with van der Waals surface area (Å²) in [5.41, 5.74) is 2.43. The summed E-state index contributed by atoms with van der Waals surface area (Å²) in [7, 11) is 3.19. The van der Waals surface area contributed by atoms with Gasteiger partial charge in [-0.15, -0.1) is 0 Å². The van der Waals surface area contributed by atoms with E-state index in [9.17, 15) is 0 Å². The number of rotatable bonds is 3. The molecule has 1 aromatic heterocycles. The highest BCUT2D eigenvalue weighted by atomic mass is 16.5. The fourth-order valence-electron chi connectivity index (χ4n) is 1.63. The number of nitriles is 1. The number of hydrogen-bond donors (Lipinski definition) is 1. The second-order valence-corrected chi connectivity index (χ2v) is 3.48. The number of methoxy groups -OCH3 is 2. The van der Waals surface area contributed by atoms with E-state index in [2.05, 4.69) is 11.1 Å². The van der Waals surface area contributed by atoms with Crippen molar-refractivity contribution in [3.05, 3.63) is 36.0 Å². The molecule has 0 atom stereocenters. The van der Waals surface area contributed by atoms with Gasteiger partial charge in [0, 0.05) is 17.5 Å². The topological polar surface area (TPSA) is 58.0 Å². The van der Waals surface area contributed by atoms with Crippen LogP contribution in [0.25, 0.3) is 11.3 Å². The molecule has 0 saturated heterocycles. The van der Waals surface area contributed by atoms with E-state index >= 15 is 0 Å². The molecule has 0 amide bonds. The summed E-state index contributed by atoms with van der Waals surface area (Å²) < 4.78 is 10.4. The summed E-state index contributed by atoms with van der Waals surface area (Å²) in [6, 6.07) is 9.49. The summed E-state index contributed by atoms with van der Waals surface area (Å²) in [4.78, 5) is 3.04. The predicted octanol–water partition coefficient (Wildman–Crippen LogP) is 2.57. The Balaban J connectivity index is 2.43. The molecule has 1 N–H and O–H groups in total. The van der Waals surface area contributed by atoms with Crippen molar-refractivity contribution in [2.75, 3.05) is 14.2 Å². The van der Waals surface area contributed by atoms with Crippen molar-refractivity contribution in [2.24, 2.45) is 0 Å². The van der Waals surface area contributed by atoms with Crippen molar-refractivity contribution in [3.63, 3.8) is 0 Å². The van der Waals surface area contributed by atoms with Crippen molar-refractivity contribution < 1.29 is 9.47 Å². The van der Waals surface area contributed by atoms with Crippen molar-refractivity contribution in [3.8, 4) is 28.8 Å². The third-order valence-electron chi connectivity index (χ3n) is 2.51. The Kier molecular flexibility index (Phi) is 3.01. The van der Waals surface area contributed by atoms with Crippen LogP contribution in [-0.4, -0.2) is 19.2 Å². The van der Waals surface area contributed by atoms with Gasteiger partial charge in [0.25, 0.3) is 0 Å². The van der Waals surface area contributed by atoms with Gasteiger partial charge in [0.2, 0.25) is 0 Å². The number of H-pyrrole nitrogens is 1. The molecule has 1 aromatic carbocycles. The Morgan fingerprint density at radius 2 is 1.88 bits per heavy atom. The molecule has 0 unspecified atom stereocenters. The van der Waals surface area contributed by atoms with Crippen LogP contribution < -0.4 is 9.47 Å². The first-order chi connectivity index (χ1) is 8.28. The molecule has 0 spiro atoms. The highest BCUT2D eigenvalue weighted by molar-refractivity contribution is 5.65. The molecule has 0 aliphatic heterocycles. The highest BCUT2D eigenvalue weighted by Gasteiger charge is 2.07. The van der Waals surface area contributed by atoms with Gasteiger partial charge in [-0.2, -0.15) is 5.26 Å². The van der Waals surface area contributed by atoms with Crippen LogP contribution in [0.4, 0.5) is 0 Å². The maximum absolute atomic E-state index is 8.77. The quantitative estimate of drug-likeness (QED) is 0.878. The zero-order valence-electron chi connectivity index (χ0n) is 9.65. The fourth-order valence-corrected chi connectivity index (χ4v) is 1.63. The first kappa shape index (κ1) is 11.1. The number of nitrogens with zero attached hydrogens (tertiary/aromatic N) is 1. The number of hydrogen-bond acceptors (Lipinski definition) is 3. The Hall–Kier alpha value is -2.41. The summed E-state index contributed by atoms with van der Waals surface area (Å²) in [6.07, 6.45) is 1.67. The summed E-state index contributed by atoms with van der Waals surface area (Å²) >= 11 is 0. The summed E-state index contributed by atoms with van der Waals surface area (Å²) in [5, 5.41) is 8.77. The normalized spacial score (nSPS) is 9.71. The maximum atomic E-state index is 8.77. The minimum absolute atomic E-state index is 0.606. The van der Waals surface area contributed by atoms with Crippen molar-refractivity contribution in [2.45, 2.75) is 0 Å². The van der Waals surface area contributed by atoms with Gasteiger partial charge in [-0.25, -0.2) is 0 Å². The molecule has 2 rings (SSSR count). The summed E-state index contributed by atoms with van der Waals surface area (Å²) in [6.45, 7) is 0. The van der Waals surface area contributed by atoms with Crippen LogP contribution in [0.5, 0.6) is 11.5 Å². The smallest absolute Gasteiger partial charge is 0.161 e. The number of benzene rings is 1. The first-order valence-corrected chi connectivity index (χ1v) is 5.09. The van der Waals surface area contributed by atoms with Crippen molar-refractivity contribution in [1.82, 2.24) is 4.98 Å². The van der Waals surface area contributed by atoms with Crippen molar-refractivity contribution in [1.29, 1.82) is 5.26 Å². The van der Waals surface area contributed by atoms with Crippen LogP contribution in [0.3, 0.4) is 0 Å². The monoisotopic (exact) mass is 228 g/mol. The van der Waals surface area contributed by atoms with Gasteiger partial charge in [-0.3, -0.25) is 0 Å². The van der Waals surface area contributed by atoms with E-state index in [0.29, 0.717) is 17.1 Å². The zero-order chi connectivity index (χ0) is 12.3. The number of ether oxygens (including phenoxy) is 2. The van der Waals surface area contributed by atoms with E-state index < -0.39 is 0 Å². The van der Waals surface area contributed by atoms with Crippen LogP contribution in [-0.2, 0) is 0 Å². The van der Waals surface area contributed by atoms with Crippen LogP contribution in [0.2, 0.25) is 0 Å². The SMILES string of the molecule is COc1ccc(-c2cc(C#N)c[nH]2)cc1OC. The lowest BCUT2D eigenvalue weighted by atomic mass is 10.1. The molecule has 17 heavy (non-hydrogen) atoms. The van der Waals surface area contributed by atoms with Crippen LogP contribution in [0, 0.1) is 11.3 Å². The third kappa shape index (κ3) is 2.08. The molecule has 86 valence electrons. The number of aromatic amines is 1. The number of nitrogens with one attached hydrogen (secondary N) is 1. The second-order valence-electron chi connectivity index (χ2n) is 3.48. The fraction of sp³-hybridized carbons (Fsp3) is 0.154. The Morgan fingerprint density at radius 1 is 1.12 bits per heavy atom. The van der Waals surface area contributed by atoms with E-state index in [1.54, 1.807) is 26.5 Å². The molecule has 0 saturated carbocycles. The van der Waals surface area contributed by atoms with Crippen LogP contribution >= 0.6 is 0 Å². The Labute approximate surface area is 99.4 Å². The predicted molar refractivity (Wildman–Crippen MR) is 64.0 cm³/mol. The van der Waals surface area contributed by atoms with Gasteiger partial charge in [-0.1, -0.05) is 0 Å². The highest BCUT2D eigenvalue weighted by Crippen LogP contribution is 2.31. The first-order valence-electron chi connectivity index (χ1n) is 5.09. The van der Waals surface area contributed by atoms with Gasteiger partial charge < -0.3 is 14.5 Å². The van der Waals surface area contributed by atoms with E-state index in [-0.39, 0.29) is 0 Å². The van der Waals surface area contributed by atoms with Gasteiger partial charge in [0.1, 0.15) is 6.07 Å². The molecular formula is C13H12N2O2. The lowest BCUT2D eigenvalue weighted by molar-refractivity contribution is 0.355. The Bertz CT molecular complexity index is 567. The molecule has 0 aliphatic rings. The summed E-state index contributed by atoms with van der Waals surface area (Å²) in [5.74, 6) is 1.35. The van der Waals surface area contributed by atoms with E-state index in [0.717, 1.165) is 11.3 Å². The molecule has 2 aromatic rings. The number of aromatic nitrogens is 1. The third-order valence-corrected chi connectivity index (χ3v) is 2.51. The average Bonchev–Trinajstić information content (AvgIpc) is 2.86. The second kappa shape index (κ2) is 4.62. The molecule has 0 bridgehead atoms. The molecule has 4 nitrogen and oxygen atoms in total. The molecule has 4 heteroatoms. The van der Waals surface area contributed by atoms with E-state index in [4.69, 9.17) is 14.7 Å². The molecule has 0 radical (unpaired) electrons. The molecular weight excluding hydrogens is 216 g/mol. The van der Waals surface area contributed by atoms with E-state index in [1.807, 2.05) is 18.2 Å². The largest absolute Gasteiger partial charge is 0.493 e. The zero-order valence-corrected chi connectivity index (χ0v) is 9.65. The standard InChI is InChI=1S/C13H12N2O2/c1-16-12-4-3-10(6-13(12)17-2)11-5-9(7-14)8-15-11/h3-6,8,15H,1-2H3. The van der Waals surface area contributed by atoms with Gasteiger partial charge in [0.05, 0.1) is 19.8 Å². The van der Waals surface area contributed by atoms with Crippen LogP contribution in [0.15, 0.2) is 30.5 Å². The minimum Gasteiger partial charge on any atom is -0.493 e. The molecule has 1 heterocycles. The van der Waals surface area contributed by atoms with E-state index in [1.165, 1.54) is 0 Å². The molecule has 0 fully saturated rings. The molecule has 0 aliphatic carbocycles. The lowest BCUT2D eigenvalue weighted by Crippen LogP contribution is -1.90.